The van der Waals surface area contributed by atoms with Gasteiger partial charge >= 0.3 is 5.76 Å². The molecule has 11 heteroatoms. The van der Waals surface area contributed by atoms with Crippen LogP contribution in [-0.2, 0) is 9.84 Å². The molecule has 3 aromatic rings. The third-order valence-electron chi connectivity index (χ3n) is 4.41. The highest BCUT2D eigenvalue weighted by molar-refractivity contribution is 7.91. The lowest BCUT2D eigenvalue weighted by Crippen LogP contribution is -2.20. The van der Waals surface area contributed by atoms with Crippen molar-refractivity contribution in [2.75, 3.05) is 5.32 Å². The van der Waals surface area contributed by atoms with Crippen molar-refractivity contribution in [3.8, 4) is 5.95 Å². The maximum absolute atomic E-state index is 12.9. The molecule has 0 saturated carbocycles. The second kappa shape index (κ2) is 7.66. The number of sulfone groups is 1. The summed E-state index contributed by atoms with van der Waals surface area (Å²) in [5.74, 6) is -4.22. The quantitative estimate of drug-likeness (QED) is 0.679. The monoisotopic (exact) mass is 421 g/mol. The largest absolute Gasteiger partial charge is 0.341 e. The van der Waals surface area contributed by atoms with Crippen LogP contribution in [0.3, 0.4) is 0 Å². The Morgan fingerprint density at radius 1 is 1.10 bits per heavy atom. The molecule has 0 saturated heterocycles. The van der Waals surface area contributed by atoms with E-state index in [-0.39, 0.29) is 11.6 Å². The van der Waals surface area contributed by atoms with Crippen LogP contribution in [-0.4, -0.2) is 39.8 Å². The molecule has 2 heterocycles. The van der Waals surface area contributed by atoms with Crippen LogP contribution in [0.4, 0.5) is 14.5 Å². The first-order valence-corrected chi connectivity index (χ1v) is 9.95. The molecular weight excluding hydrogens is 404 g/mol. The number of amides is 1. The van der Waals surface area contributed by atoms with Crippen molar-refractivity contribution in [2.45, 2.75) is 31.4 Å². The van der Waals surface area contributed by atoms with E-state index in [0.29, 0.717) is 0 Å². The van der Waals surface area contributed by atoms with Crippen LogP contribution in [0.1, 0.15) is 27.3 Å². The predicted octanol–water partition coefficient (Wildman–Crippen LogP) is 2.84. The van der Waals surface area contributed by atoms with Gasteiger partial charge in [-0.1, -0.05) is 12.1 Å². The van der Waals surface area contributed by atoms with Crippen LogP contribution in [0.25, 0.3) is 5.95 Å². The van der Waals surface area contributed by atoms with Gasteiger partial charge in [-0.25, -0.2) is 23.1 Å². The molecule has 2 aromatic heterocycles. The molecule has 3 rings (SSSR count). The molecule has 0 aliphatic rings. The smallest absolute Gasteiger partial charge is 0.319 e. The number of nitrogens with zero attached hydrogens (tertiary/aromatic N) is 4. The molecule has 1 N–H and O–H groups in total. The van der Waals surface area contributed by atoms with Crippen molar-refractivity contribution in [2.24, 2.45) is 0 Å². The Hall–Kier alpha value is -3.21. The third kappa shape index (κ3) is 3.86. The number of alkyl halides is 2. The molecule has 0 atom stereocenters. The number of nitrogens with one attached hydrogen (secondary N) is 1. The molecule has 0 spiro atoms. The number of benzene rings is 1. The SMILES string of the molecule is Cc1nn(-c2ncc(NC(=O)c3ccccc3S(=O)(=O)C(F)F)cn2)c(C)c1C. The molecule has 1 amide bonds. The molecule has 1 aromatic carbocycles. The zero-order valence-corrected chi connectivity index (χ0v) is 16.5. The van der Waals surface area contributed by atoms with E-state index in [0.717, 1.165) is 29.1 Å². The minimum absolute atomic E-state index is 0.168. The fraction of sp³-hybridized carbons (Fsp3) is 0.222. The van der Waals surface area contributed by atoms with Gasteiger partial charge in [-0.2, -0.15) is 13.9 Å². The fourth-order valence-corrected chi connectivity index (χ4v) is 3.53. The first-order valence-electron chi connectivity index (χ1n) is 8.40. The Kier molecular flexibility index (Phi) is 5.42. The average Bonchev–Trinajstić information content (AvgIpc) is 2.95. The van der Waals surface area contributed by atoms with Crippen LogP contribution >= 0.6 is 0 Å². The molecule has 8 nitrogen and oxygen atoms in total. The number of aromatic nitrogens is 4. The molecule has 0 radical (unpaired) electrons. The number of rotatable bonds is 5. The summed E-state index contributed by atoms with van der Waals surface area (Å²) in [6.07, 6.45) is 2.63. The lowest BCUT2D eigenvalue weighted by Gasteiger charge is -2.10. The van der Waals surface area contributed by atoms with Crippen molar-refractivity contribution in [3.05, 3.63) is 59.2 Å². The normalized spacial score (nSPS) is 11.7. The summed E-state index contributed by atoms with van der Waals surface area (Å²) < 4.78 is 51.0. The zero-order valence-electron chi connectivity index (χ0n) is 15.7. The van der Waals surface area contributed by atoms with Gasteiger partial charge in [0.1, 0.15) is 0 Å². The van der Waals surface area contributed by atoms with Gasteiger partial charge in [-0.15, -0.1) is 0 Å². The summed E-state index contributed by atoms with van der Waals surface area (Å²) in [5, 5.41) is 6.76. The van der Waals surface area contributed by atoms with Gasteiger partial charge in [-0.05, 0) is 38.5 Å². The predicted molar refractivity (Wildman–Crippen MR) is 101 cm³/mol. The van der Waals surface area contributed by atoms with Crippen molar-refractivity contribution in [1.29, 1.82) is 0 Å². The van der Waals surface area contributed by atoms with E-state index in [1.807, 2.05) is 20.8 Å². The number of carbonyl (C=O) groups excluding carboxylic acids is 1. The van der Waals surface area contributed by atoms with Crippen molar-refractivity contribution >= 4 is 21.4 Å². The maximum atomic E-state index is 12.9. The average molecular weight is 421 g/mol. The minimum Gasteiger partial charge on any atom is -0.319 e. The number of halogens is 2. The van der Waals surface area contributed by atoms with E-state index >= 15 is 0 Å². The first-order chi connectivity index (χ1) is 13.6. The van der Waals surface area contributed by atoms with Crippen LogP contribution in [0, 0.1) is 20.8 Å². The van der Waals surface area contributed by atoms with E-state index in [2.05, 4.69) is 20.4 Å². The third-order valence-corrected chi connectivity index (χ3v) is 5.85. The highest BCUT2D eigenvalue weighted by Gasteiger charge is 2.30. The summed E-state index contributed by atoms with van der Waals surface area (Å²) in [7, 11) is -4.93. The van der Waals surface area contributed by atoms with E-state index < -0.39 is 32.0 Å². The number of hydrogen-bond acceptors (Lipinski definition) is 6. The Morgan fingerprint density at radius 2 is 1.72 bits per heavy atom. The number of aryl methyl sites for hydroxylation is 1. The van der Waals surface area contributed by atoms with Crippen molar-refractivity contribution < 1.29 is 22.0 Å². The summed E-state index contributed by atoms with van der Waals surface area (Å²) in [6.45, 7) is 5.65. The molecule has 0 unspecified atom stereocenters. The molecule has 29 heavy (non-hydrogen) atoms. The van der Waals surface area contributed by atoms with Crippen molar-refractivity contribution in [1.82, 2.24) is 19.7 Å². The summed E-state index contributed by atoms with van der Waals surface area (Å²) >= 11 is 0. The lowest BCUT2D eigenvalue weighted by atomic mass is 10.2. The Labute approximate surface area is 165 Å². The number of carbonyl (C=O) groups is 1. The second-order valence-corrected chi connectivity index (χ2v) is 8.12. The Balaban J connectivity index is 1.87. The van der Waals surface area contributed by atoms with E-state index in [4.69, 9.17) is 0 Å². The highest BCUT2D eigenvalue weighted by Crippen LogP contribution is 2.23. The van der Waals surface area contributed by atoms with Crippen LogP contribution in [0.2, 0.25) is 0 Å². The topological polar surface area (TPSA) is 107 Å². The number of hydrogen-bond donors (Lipinski definition) is 1. The lowest BCUT2D eigenvalue weighted by molar-refractivity contribution is 0.102. The molecule has 0 aliphatic heterocycles. The summed E-state index contributed by atoms with van der Waals surface area (Å²) in [4.78, 5) is 20.0. The first kappa shape index (κ1) is 20.5. The highest BCUT2D eigenvalue weighted by atomic mass is 32.2. The van der Waals surface area contributed by atoms with E-state index in [9.17, 15) is 22.0 Å². The molecular formula is C18H17F2N5O3S. The van der Waals surface area contributed by atoms with Gasteiger partial charge in [0.15, 0.2) is 0 Å². The summed E-state index contributed by atoms with van der Waals surface area (Å²) in [5.41, 5.74) is 2.47. The molecule has 0 bridgehead atoms. The van der Waals surface area contributed by atoms with E-state index in [1.165, 1.54) is 24.5 Å². The molecule has 0 aliphatic carbocycles. The van der Waals surface area contributed by atoms with Crippen molar-refractivity contribution in [3.63, 3.8) is 0 Å². The summed E-state index contributed by atoms with van der Waals surface area (Å²) in [6, 6.07) is 4.75. The number of anilines is 1. The second-order valence-electron chi connectivity index (χ2n) is 6.24. The standard InChI is InChI=1S/C18H17F2N5O3S/c1-10-11(2)24-25(12(10)3)18-21-8-13(9-22-18)23-16(26)14-6-4-5-7-15(14)29(27,28)17(19)20/h4-9,17H,1-3H3,(H,23,26). The fourth-order valence-electron chi connectivity index (χ4n) is 2.61. The Morgan fingerprint density at radius 3 is 2.28 bits per heavy atom. The molecule has 152 valence electrons. The zero-order chi connectivity index (χ0) is 21.3. The molecule has 0 fully saturated rings. The van der Waals surface area contributed by atoms with Gasteiger partial charge < -0.3 is 5.32 Å². The van der Waals surface area contributed by atoms with Crippen LogP contribution < -0.4 is 5.32 Å². The van der Waals surface area contributed by atoms with Crippen LogP contribution in [0.15, 0.2) is 41.6 Å². The van der Waals surface area contributed by atoms with E-state index in [1.54, 1.807) is 4.68 Å². The maximum Gasteiger partial charge on any atom is 0.341 e. The van der Waals surface area contributed by atoms with Gasteiger partial charge in [0.05, 0.1) is 34.2 Å². The minimum atomic E-state index is -4.93. The van der Waals surface area contributed by atoms with Gasteiger partial charge in [-0.3, -0.25) is 4.79 Å². The Bertz CT molecular complexity index is 1170. The van der Waals surface area contributed by atoms with Crippen LogP contribution in [0.5, 0.6) is 0 Å². The van der Waals surface area contributed by atoms with Gasteiger partial charge in [0, 0.05) is 5.69 Å². The van der Waals surface area contributed by atoms with Gasteiger partial charge in [0.25, 0.3) is 11.9 Å². The van der Waals surface area contributed by atoms with Gasteiger partial charge in [0.2, 0.25) is 9.84 Å².